The van der Waals surface area contributed by atoms with E-state index in [1.54, 1.807) is 6.20 Å². The van der Waals surface area contributed by atoms with E-state index in [0.29, 0.717) is 13.2 Å². The maximum Gasteiger partial charge on any atom is 0.191 e. The van der Waals surface area contributed by atoms with E-state index in [1.807, 2.05) is 30.3 Å². The van der Waals surface area contributed by atoms with Crippen LogP contribution in [0.25, 0.3) is 0 Å². The predicted molar refractivity (Wildman–Crippen MR) is 101 cm³/mol. The van der Waals surface area contributed by atoms with Gasteiger partial charge in [0.2, 0.25) is 0 Å². The molecule has 25 heavy (non-hydrogen) atoms. The summed E-state index contributed by atoms with van der Waals surface area (Å²) in [7, 11) is 0. The van der Waals surface area contributed by atoms with Gasteiger partial charge in [-0.2, -0.15) is 0 Å². The molecule has 0 aliphatic heterocycles. The van der Waals surface area contributed by atoms with Gasteiger partial charge in [-0.3, -0.25) is 4.98 Å². The van der Waals surface area contributed by atoms with Gasteiger partial charge in [0.1, 0.15) is 12.4 Å². The van der Waals surface area contributed by atoms with Crippen LogP contribution in [0.15, 0.2) is 53.7 Å². The van der Waals surface area contributed by atoms with Crippen molar-refractivity contribution in [2.75, 3.05) is 13.1 Å². The zero-order chi connectivity index (χ0) is 17.3. The van der Waals surface area contributed by atoms with Gasteiger partial charge in [0.25, 0.3) is 0 Å². The molecule has 1 fully saturated rings. The summed E-state index contributed by atoms with van der Waals surface area (Å²) >= 11 is 0. The molecule has 132 valence electrons. The van der Waals surface area contributed by atoms with Gasteiger partial charge in [0.05, 0.1) is 12.2 Å². The molecule has 0 unspecified atom stereocenters. The molecule has 1 aromatic carbocycles. The summed E-state index contributed by atoms with van der Waals surface area (Å²) < 4.78 is 5.76. The number of guanidine groups is 1. The van der Waals surface area contributed by atoms with Crippen molar-refractivity contribution in [3.05, 3.63) is 59.9 Å². The molecule has 0 bridgehead atoms. The summed E-state index contributed by atoms with van der Waals surface area (Å²) in [5.41, 5.74) is 2.09. The lowest BCUT2D eigenvalue weighted by Crippen LogP contribution is -2.38. The SMILES string of the molecule is CCNC(=NCc1ccc(OCc2ccccn2)cc1)NCC1CC1. The number of hydrogen-bond donors (Lipinski definition) is 2. The molecule has 1 saturated carbocycles. The third-order valence-corrected chi connectivity index (χ3v) is 4.06. The molecule has 2 aromatic rings. The van der Waals surface area contributed by atoms with Gasteiger partial charge < -0.3 is 15.4 Å². The molecular formula is C20H26N4O. The molecule has 1 heterocycles. The highest BCUT2D eigenvalue weighted by atomic mass is 16.5. The smallest absolute Gasteiger partial charge is 0.191 e. The molecule has 2 N–H and O–H groups in total. The van der Waals surface area contributed by atoms with Crippen molar-refractivity contribution in [2.24, 2.45) is 10.9 Å². The third kappa shape index (κ3) is 6.10. The standard InChI is InChI=1S/C20H26N4O/c1-2-21-20(23-13-16-6-7-16)24-14-17-8-10-19(11-9-17)25-15-18-5-3-4-12-22-18/h3-5,8-12,16H,2,6-7,13-15H2,1H3,(H2,21,23,24). The Labute approximate surface area is 149 Å². The number of ether oxygens (including phenoxy) is 1. The summed E-state index contributed by atoms with van der Waals surface area (Å²) in [6.07, 6.45) is 4.46. The van der Waals surface area contributed by atoms with E-state index in [0.717, 1.165) is 42.0 Å². The van der Waals surface area contributed by atoms with Crippen LogP contribution < -0.4 is 15.4 Å². The Bertz CT molecular complexity index is 666. The van der Waals surface area contributed by atoms with Crippen molar-refractivity contribution in [1.29, 1.82) is 0 Å². The fourth-order valence-corrected chi connectivity index (χ4v) is 2.41. The first-order valence-corrected chi connectivity index (χ1v) is 8.97. The monoisotopic (exact) mass is 338 g/mol. The molecule has 5 heteroatoms. The van der Waals surface area contributed by atoms with Crippen LogP contribution in [-0.4, -0.2) is 24.0 Å². The molecule has 0 atom stereocenters. The Hall–Kier alpha value is -2.56. The zero-order valence-electron chi connectivity index (χ0n) is 14.7. The minimum absolute atomic E-state index is 0.480. The van der Waals surface area contributed by atoms with Crippen LogP contribution in [0.5, 0.6) is 5.75 Å². The molecule has 1 aliphatic carbocycles. The van der Waals surface area contributed by atoms with Crippen LogP contribution in [0.1, 0.15) is 31.0 Å². The Morgan fingerprint density at radius 1 is 1.16 bits per heavy atom. The average molecular weight is 338 g/mol. The van der Waals surface area contributed by atoms with E-state index in [1.165, 1.54) is 12.8 Å². The van der Waals surface area contributed by atoms with E-state index in [-0.39, 0.29) is 0 Å². The first kappa shape index (κ1) is 17.3. The van der Waals surface area contributed by atoms with Crippen LogP contribution in [0.3, 0.4) is 0 Å². The summed E-state index contributed by atoms with van der Waals surface area (Å²) in [6.45, 7) is 5.11. The number of nitrogens with zero attached hydrogens (tertiary/aromatic N) is 2. The van der Waals surface area contributed by atoms with E-state index >= 15 is 0 Å². The highest BCUT2D eigenvalue weighted by Crippen LogP contribution is 2.27. The fraction of sp³-hybridized carbons (Fsp3) is 0.400. The van der Waals surface area contributed by atoms with Crippen molar-refractivity contribution in [2.45, 2.75) is 32.9 Å². The Morgan fingerprint density at radius 2 is 2.00 bits per heavy atom. The van der Waals surface area contributed by atoms with Crippen LogP contribution in [0.4, 0.5) is 0 Å². The number of pyridine rings is 1. The molecule has 3 rings (SSSR count). The van der Waals surface area contributed by atoms with E-state index in [4.69, 9.17) is 4.74 Å². The molecule has 0 radical (unpaired) electrons. The Morgan fingerprint density at radius 3 is 2.68 bits per heavy atom. The van der Waals surface area contributed by atoms with Crippen molar-refractivity contribution in [3.63, 3.8) is 0 Å². The third-order valence-electron chi connectivity index (χ3n) is 4.06. The molecule has 1 aromatic heterocycles. The molecule has 0 spiro atoms. The summed E-state index contributed by atoms with van der Waals surface area (Å²) in [5, 5.41) is 6.70. The second-order valence-corrected chi connectivity index (χ2v) is 6.27. The van der Waals surface area contributed by atoms with E-state index in [2.05, 4.69) is 39.7 Å². The molecule has 1 aliphatic rings. The number of rotatable bonds is 8. The lowest BCUT2D eigenvalue weighted by molar-refractivity contribution is 0.301. The summed E-state index contributed by atoms with van der Waals surface area (Å²) in [5.74, 6) is 2.57. The van der Waals surface area contributed by atoms with Gasteiger partial charge >= 0.3 is 0 Å². The van der Waals surface area contributed by atoms with Crippen molar-refractivity contribution in [1.82, 2.24) is 15.6 Å². The summed E-state index contributed by atoms with van der Waals surface area (Å²) in [4.78, 5) is 8.91. The van der Waals surface area contributed by atoms with E-state index < -0.39 is 0 Å². The number of hydrogen-bond acceptors (Lipinski definition) is 3. The molecular weight excluding hydrogens is 312 g/mol. The normalized spacial score (nSPS) is 14.2. The summed E-state index contributed by atoms with van der Waals surface area (Å²) in [6, 6.07) is 13.9. The second-order valence-electron chi connectivity index (χ2n) is 6.27. The topological polar surface area (TPSA) is 58.5 Å². The van der Waals surface area contributed by atoms with Crippen molar-refractivity contribution < 1.29 is 4.74 Å². The Balaban J connectivity index is 1.49. The maximum absolute atomic E-state index is 5.76. The average Bonchev–Trinajstić information content (AvgIpc) is 3.48. The highest BCUT2D eigenvalue weighted by Gasteiger charge is 2.20. The molecule has 0 saturated heterocycles. The second kappa shape index (κ2) is 9.06. The predicted octanol–water partition coefficient (Wildman–Crippen LogP) is 3.13. The highest BCUT2D eigenvalue weighted by molar-refractivity contribution is 5.79. The van der Waals surface area contributed by atoms with Gasteiger partial charge in [-0.05, 0) is 55.5 Å². The van der Waals surface area contributed by atoms with Gasteiger partial charge in [-0.25, -0.2) is 4.99 Å². The first-order chi connectivity index (χ1) is 12.3. The van der Waals surface area contributed by atoms with Crippen LogP contribution in [0, 0.1) is 5.92 Å². The van der Waals surface area contributed by atoms with Gasteiger partial charge in [0, 0.05) is 19.3 Å². The zero-order valence-corrected chi connectivity index (χ0v) is 14.7. The molecule has 0 amide bonds. The minimum Gasteiger partial charge on any atom is -0.487 e. The lowest BCUT2D eigenvalue weighted by atomic mass is 10.2. The number of nitrogens with one attached hydrogen (secondary N) is 2. The van der Waals surface area contributed by atoms with Gasteiger partial charge in [-0.1, -0.05) is 18.2 Å². The molecule has 5 nitrogen and oxygen atoms in total. The number of benzene rings is 1. The minimum atomic E-state index is 0.480. The number of aliphatic imine (C=N–C) groups is 1. The Kier molecular flexibility index (Phi) is 6.26. The maximum atomic E-state index is 5.76. The quantitative estimate of drug-likeness (QED) is 0.573. The van der Waals surface area contributed by atoms with Crippen molar-refractivity contribution >= 4 is 5.96 Å². The van der Waals surface area contributed by atoms with Crippen LogP contribution >= 0.6 is 0 Å². The van der Waals surface area contributed by atoms with Crippen LogP contribution in [-0.2, 0) is 13.2 Å². The van der Waals surface area contributed by atoms with Gasteiger partial charge in [0.15, 0.2) is 5.96 Å². The van der Waals surface area contributed by atoms with Gasteiger partial charge in [-0.15, -0.1) is 0 Å². The largest absolute Gasteiger partial charge is 0.487 e. The lowest BCUT2D eigenvalue weighted by Gasteiger charge is -2.11. The first-order valence-electron chi connectivity index (χ1n) is 8.97. The van der Waals surface area contributed by atoms with Crippen LogP contribution in [0.2, 0.25) is 0 Å². The number of aromatic nitrogens is 1. The fourth-order valence-electron chi connectivity index (χ4n) is 2.41. The van der Waals surface area contributed by atoms with Crippen molar-refractivity contribution in [3.8, 4) is 5.75 Å². The van der Waals surface area contributed by atoms with E-state index in [9.17, 15) is 0 Å².